The quantitative estimate of drug-likeness (QED) is 0.778. The van der Waals surface area contributed by atoms with E-state index in [9.17, 15) is 8.42 Å². The van der Waals surface area contributed by atoms with Gasteiger partial charge in [-0.25, -0.2) is 8.42 Å². The largest absolute Gasteiger partial charge is 0.223 e. The third-order valence-corrected chi connectivity index (χ3v) is 14.0. The second-order valence-corrected chi connectivity index (χ2v) is 15.8. The summed E-state index contributed by atoms with van der Waals surface area (Å²) in [6.45, 7) is 6.77. The van der Waals surface area contributed by atoms with E-state index in [0.29, 0.717) is 16.7 Å². The van der Waals surface area contributed by atoms with Crippen molar-refractivity contribution in [1.82, 2.24) is 0 Å². The van der Waals surface area contributed by atoms with Crippen LogP contribution in [0.4, 0.5) is 0 Å². The Labute approximate surface area is 129 Å². The molecular formula is C17H26O2SSi. The maximum atomic E-state index is 13.6. The summed E-state index contributed by atoms with van der Waals surface area (Å²) in [5, 5.41) is 0. The van der Waals surface area contributed by atoms with Gasteiger partial charge in [0, 0.05) is 0 Å². The van der Waals surface area contributed by atoms with Crippen LogP contribution in [0.3, 0.4) is 0 Å². The first kappa shape index (κ1) is 15.3. The van der Waals surface area contributed by atoms with Crippen molar-refractivity contribution in [3.63, 3.8) is 0 Å². The van der Waals surface area contributed by atoms with Crippen molar-refractivity contribution in [1.29, 1.82) is 0 Å². The lowest BCUT2D eigenvalue weighted by Gasteiger charge is -2.56. The SMILES string of the molecule is C[Si](C)(C)[C@]1(S(=O)(=O)c2ccccc2)CC2CCC1CC2. The number of rotatable bonds is 3. The van der Waals surface area contributed by atoms with E-state index in [0.717, 1.165) is 19.3 Å². The molecule has 21 heavy (non-hydrogen) atoms. The first-order valence-electron chi connectivity index (χ1n) is 8.09. The topological polar surface area (TPSA) is 34.1 Å². The number of hydrogen-bond donors (Lipinski definition) is 0. The molecule has 4 rings (SSSR count). The fourth-order valence-electron chi connectivity index (χ4n) is 4.89. The van der Waals surface area contributed by atoms with Gasteiger partial charge in [-0.15, -0.1) is 0 Å². The van der Waals surface area contributed by atoms with Crippen molar-refractivity contribution in [3.05, 3.63) is 30.3 Å². The van der Waals surface area contributed by atoms with Gasteiger partial charge in [0.15, 0.2) is 9.84 Å². The normalized spacial score (nSPS) is 33.1. The number of sulfone groups is 1. The van der Waals surface area contributed by atoms with Crippen molar-refractivity contribution in [2.75, 3.05) is 0 Å². The molecule has 3 saturated carbocycles. The molecule has 2 bridgehead atoms. The summed E-state index contributed by atoms with van der Waals surface area (Å²) in [7, 11) is -5.12. The maximum Gasteiger partial charge on any atom is 0.181 e. The van der Waals surface area contributed by atoms with Crippen LogP contribution < -0.4 is 0 Å². The summed E-state index contributed by atoms with van der Waals surface area (Å²) in [5.41, 5.74) is 0. The van der Waals surface area contributed by atoms with E-state index in [-0.39, 0.29) is 0 Å². The van der Waals surface area contributed by atoms with Crippen molar-refractivity contribution >= 4 is 17.9 Å². The fourth-order valence-corrected chi connectivity index (χ4v) is 12.9. The van der Waals surface area contributed by atoms with Crippen LogP contribution in [-0.2, 0) is 9.84 Å². The highest BCUT2D eigenvalue weighted by molar-refractivity contribution is 7.94. The van der Waals surface area contributed by atoms with Crippen LogP contribution >= 0.6 is 0 Å². The first-order valence-corrected chi connectivity index (χ1v) is 13.1. The van der Waals surface area contributed by atoms with Crippen molar-refractivity contribution in [2.24, 2.45) is 11.8 Å². The standard InChI is InChI=1S/C17H26O2SSi/c1-21(2,3)17(13-14-9-11-15(17)12-10-14)20(18,19)16-7-5-4-6-8-16/h4-8,14-15H,9-13H2,1-3H3/t14?,15?,17-/m1/s1. The monoisotopic (exact) mass is 322 g/mol. The molecule has 0 N–H and O–H groups in total. The molecule has 1 atom stereocenters. The summed E-state index contributed by atoms with van der Waals surface area (Å²) in [5.74, 6) is 1.000. The number of benzene rings is 1. The van der Waals surface area contributed by atoms with E-state index < -0.39 is 22.3 Å². The summed E-state index contributed by atoms with van der Waals surface area (Å²) >= 11 is 0. The minimum absolute atomic E-state index is 0.374. The van der Waals surface area contributed by atoms with Gasteiger partial charge in [-0.3, -0.25) is 0 Å². The Bertz CT molecular complexity index is 610. The van der Waals surface area contributed by atoms with E-state index in [1.807, 2.05) is 18.2 Å². The molecule has 0 amide bonds. The van der Waals surface area contributed by atoms with Gasteiger partial charge in [-0.2, -0.15) is 0 Å². The molecule has 0 aliphatic heterocycles. The molecule has 3 aliphatic rings. The lowest BCUT2D eigenvalue weighted by molar-refractivity contribution is 0.154. The smallest absolute Gasteiger partial charge is 0.181 e. The van der Waals surface area contributed by atoms with Gasteiger partial charge in [0.25, 0.3) is 0 Å². The fraction of sp³-hybridized carbons (Fsp3) is 0.647. The van der Waals surface area contributed by atoms with Gasteiger partial charge >= 0.3 is 0 Å². The zero-order valence-electron chi connectivity index (χ0n) is 13.3. The molecule has 3 aliphatic carbocycles. The van der Waals surface area contributed by atoms with Crippen molar-refractivity contribution in [2.45, 2.75) is 61.0 Å². The summed E-state index contributed by atoms with van der Waals surface area (Å²) < 4.78 is 26.7. The van der Waals surface area contributed by atoms with Crippen LogP contribution in [0, 0.1) is 11.8 Å². The molecule has 4 heteroatoms. The third-order valence-electron chi connectivity index (χ3n) is 5.90. The van der Waals surface area contributed by atoms with Crippen LogP contribution in [0.5, 0.6) is 0 Å². The third kappa shape index (κ3) is 2.14. The lowest BCUT2D eigenvalue weighted by atomic mass is 9.70. The highest BCUT2D eigenvalue weighted by Crippen LogP contribution is 2.56. The van der Waals surface area contributed by atoms with Crippen LogP contribution in [0.1, 0.15) is 32.1 Å². The minimum Gasteiger partial charge on any atom is -0.223 e. The van der Waals surface area contributed by atoms with Gasteiger partial charge in [0.05, 0.1) is 17.3 Å². The van der Waals surface area contributed by atoms with Gasteiger partial charge in [0.1, 0.15) is 0 Å². The Kier molecular flexibility index (Phi) is 3.60. The Morgan fingerprint density at radius 2 is 1.57 bits per heavy atom. The molecule has 0 aromatic heterocycles. The van der Waals surface area contributed by atoms with Crippen LogP contribution in [0.15, 0.2) is 35.2 Å². The summed E-state index contributed by atoms with van der Waals surface area (Å²) in [6.07, 6.45) is 5.61. The van der Waals surface area contributed by atoms with E-state index in [1.165, 1.54) is 12.8 Å². The molecule has 1 aromatic rings. The Hall–Kier alpha value is -0.613. The maximum absolute atomic E-state index is 13.6. The van der Waals surface area contributed by atoms with Crippen LogP contribution in [0.25, 0.3) is 0 Å². The zero-order chi connectivity index (χ0) is 15.3. The zero-order valence-corrected chi connectivity index (χ0v) is 15.1. The molecule has 116 valence electrons. The molecule has 0 unspecified atom stereocenters. The summed E-state index contributed by atoms with van der Waals surface area (Å²) in [6, 6.07) is 9.18. The first-order chi connectivity index (χ1) is 9.79. The van der Waals surface area contributed by atoms with E-state index in [1.54, 1.807) is 12.1 Å². The second kappa shape index (κ2) is 4.95. The van der Waals surface area contributed by atoms with Gasteiger partial charge < -0.3 is 0 Å². The molecule has 3 fully saturated rings. The predicted octanol–water partition coefficient (Wildman–Crippen LogP) is 4.29. The van der Waals surface area contributed by atoms with Gasteiger partial charge in [0.2, 0.25) is 0 Å². The molecular weight excluding hydrogens is 296 g/mol. The molecule has 0 spiro atoms. The van der Waals surface area contributed by atoms with Crippen LogP contribution in [0.2, 0.25) is 19.6 Å². The van der Waals surface area contributed by atoms with Crippen molar-refractivity contribution < 1.29 is 8.42 Å². The summed E-state index contributed by atoms with van der Waals surface area (Å²) in [4.78, 5) is 0.542. The second-order valence-electron chi connectivity index (χ2n) is 7.88. The average Bonchev–Trinajstić information content (AvgIpc) is 2.48. The molecule has 0 radical (unpaired) electrons. The van der Waals surface area contributed by atoms with E-state index >= 15 is 0 Å². The average molecular weight is 323 g/mol. The number of hydrogen-bond acceptors (Lipinski definition) is 2. The Balaban J connectivity index is 2.18. The lowest BCUT2D eigenvalue weighted by Crippen LogP contribution is -2.66. The Morgan fingerprint density at radius 3 is 2.00 bits per heavy atom. The molecule has 1 aromatic carbocycles. The van der Waals surface area contributed by atoms with Gasteiger partial charge in [-0.05, 0) is 43.2 Å². The molecule has 0 heterocycles. The van der Waals surface area contributed by atoms with E-state index in [4.69, 9.17) is 0 Å². The van der Waals surface area contributed by atoms with Crippen LogP contribution in [-0.4, -0.2) is 20.9 Å². The van der Waals surface area contributed by atoms with Gasteiger partial charge in [-0.1, -0.05) is 50.7 Å². The minimum atomic E-state index is -3.25. The molecule has 2 nitrogen and oxygen atoms in total. The number of fused-ring (bicyclic) bond motifs is 3. The Morgan fingerprint density at radius 1 is 1.00 bits per heavy atom. The predicted molar refractivity (Wildman–Crippen MR) is 89.8 cm³/mol. The highest BCUT2D eigenvalue weighted by Gasteiger charge is 2.62. The van der Waals surface area contributed by atoms with E-state index in [2.05, 4.69) is 19.6 Å². The molecule has 0 saturated heterocycles. The van der Waals surface area contributed by atoms with Crippen molar-refractivity contribution in [3.8, 4) is 0 Å². The highest BCUT2D eigenvalue weighted by atomic mass is 32.2.